The van der Waals surface area contributed by atoms with Gasteiger partial charge in [0.2, 0.25) is 0 Å². The lowest BCUT2D eigenvalue weighted by molar-refractivity contribution is 0.0952. The molecule has 30 heavy (non-hydrogen) atoms. The van der Waals surface area contributed by atoms with Gasteiger partial charge in [-0.05, 0) is 43.2 Å². The van der Waals surface area contributed by atoms with E-state index < -0.39 is 0 Å². The van der Waals surface area contributed by atoms with E-state index in [2.05, 4.69) is 34.4 Å². The van der Waals surface area contributed by atoms with Crippen molar-refractivity contribution >= 4 is 22.9 Å². The number of aromatic nitrogens is 1. The normalized spacial score (nSPS) is 10.5. The number of nitrogens with zero attached hydrogens (tertiary/aromatic N) is 2. The summed E-state index contributed by atoms with van der Waals surface area (Å²) in [6.45, 7) is 1.94. The molecule has 0 atom stereocenters. The molecule has 1 aromatic heterocycles. The summed E-state index contributed by atoms with van der Waals surface area (Å²) in [5.74, 6) is 1.00. The fourth-order valence-corrected chi connectivity index (χ4v) is 3.52. The first-order chi connectivity index (χ1) is 14.7. The first-order valence-electron chi connectivity index (χ1n) is 9.89. The van der Waals surface area contributed by atoms with Crippen LogP contribution >= 0.6 is 11.3 Å². The van der Waals surface area contributed by atoms with E-state index in [0.29, 0.717) is 30.2 Å². The van der Waals surface area contributed by atoms with Crippen LogP contribution in [0, 0.1) is 0 Å². The quantitative estimate of drug-likeness (QED) is 0.462. The molecule has 158 valence electrons. The van der Waals surface area contributed by atoms with Crippen molar-refractivity contribution in [3.63, 3.8) is 0 Å². The minimum Gasteiger partial charge on any atom is -0.493 e. The molecule has 0 radical (unpaired) electrons. The summed E-state index contributed by atoms with van der Waals surface area (Å²) in [4.78, 5) is 18.9. The third kappa shape index (κ3) is 6.22. The van der Waals surface area contributed by atoms with Gasteiger partial charge in [-0.15, -0.1) is 11.3 Å². The first kappa shape index (κ1) is 21.6. The van der Waals surface area contributed by atoms with Crippen LogP contribution in [0.4, 0.5) is 5.69 Å². The van der Waals surface area contributed by atoms with Crippen LogP contribution in [0.5, 0.6) is 11.5 Å². The second-order valence-electron chi connectivity index (χ2n) is 6.85. The summed E-state index contributed by atoms with van der Waals surface area (Å²) in [7, 11) is 3.65. The van der Waals surface area contributed by atoms with Crippen LogP contribution in [0.2, 0.25) is 0 Å². The fourth-order valence-electron chi connectivity index (χ4n) is 2.98. The smallest absolute Gasteiger partial charge is 0.251 e. The van der Waals surface area contributed by atoms with E-state index in [4.69, 9.17) is 9.47 Å². The van der Waals surface area contributed by atoms with Crippen LogP contribution in [-0.2, 0) is 6.61 Å². The number of amides is 1. The summed E-state index contributed by atoms with van der Waals surface area (Å²) < 4.78 is 11.2. The van der Waals surface area contributed by atoms with Crippen molar-refractivity contribution in [2.75, 3.05) is 32.1 Å². The molecule has 1 N–H and O–H groups in total. The summed E-state index contributed by atoms with van der Waals surface area (Å²) in [6, 6.07) is 15.5. The zero-order valence-corrected chi connectivity index (χ0v) is 18.2. The fraction of sp³-hybridized carbons (Fsp3) is 0.304. The van der Waals surface area contributed by atoms with Gasteiger partial charge in [-0.25, -0.2) is 4.98 Å². The van der Waals surface area contributed by atoms with E-state index in [1.807, 2.05) is 23.6 Å². The number of carbonyl (C=O) groups is 1. The van der Waals surface area contributed by atoms with Crippen molar-refractivity contribution in [2.24, 2.45) is 0 Å². The molecule has 0 aliphatic rings. The van der Waals surface area contributed by atoms with Gasteiger partial charge in [0.1, 0.15) is 6.61 Å². The predicted octanol–water partition coefficient (Wildman–Crippen LogP) is 4.38. The van der Waals surface area contributed by atoms with Crippen molar-refractivity contribution in [1.29, 1.82) is 0 Å². The lowest BCUT2D eigenvalue weighted by Gasteiger charge is -2.19. The van der Waals surface area contributed by atoms with Crippen molar-refractivity contribution in [3.05, 3.63) is 70.7 Å². The van der Waals surface area contributed by atoms with Gasteiger partial charge >= 0.3 is 0 Å². The summed E-state index contributed by atoms with van der Waals surface area (Å²) in [6.07, 6.45) is 1.91. The molecule has 6 nitrogen and oxygen atoms in total. The van der Waals surface area contributed by atoms with Crippen LogP contribution in [0.25, 0.3) is 0 Å². The number of nitrogens with one attached hydrogen (secondary N) is 1. The van der Waals surface area contributed by atoms with E-state index in [0.717, 1.165) is 25.1 Å². The molecule has 1 heterocycles. The average molecular weight is 426 g/mol. The van der Waals surface area contributed by atoms with Crippen LogP contribution in [0.3, 0.4) is 0 Å². The average Bonchev–Trinajstić information content (AvgIpc) is 3.31. The Bertz CT molecular complexity index is 917. The summed E-state index contributed by atoms with van der Waals surface area (Å²) in [5.41, 5.74) is 4.38. The minimum atomic E-state index is -0.115. The molecule has 2 aromatic carbocycles. The van der Waals surface area contributed by atoms with Crippen molar-refractivity contribution in [3.8, 4) is 11.5 Å². The van der Waals surface area contributed by atoms with Gasteiger partial charge in [-0.3, -0.25) is 4.79 Å². The molecular weight excluding hydrogens is 398 g/mol. The highest BCUT2D eigenvalue weighted by Crippen LogP contribution is 2.28. The van der Waals surface area contributed by atoms with Crippen LogP contribution in [-0.4, -0.2) is 38.1 Å². The topological polar surface area (TPSA) is 63.7 Å². The number of unbranched alkanes of at least 4 members (excludes halogenated alkanes) is 1. The van der Waals surface area contributed by atoms with E-state index in [1.54, 1.807) is 30.8 Å². The van der Waals surface area contributed by atoms with Crippen LogP contribution in [0.1, 0.15) is 28.9 Å². The van der Waals surface area contributed by atoms with Gasteiger partial charge in [0.05, 0.1) is 18.3 Å². The Morgan fingerprint density at radius 2 is 1.97 bits per heavy atom. The maximum Gasteiger partial charge on any atom is 0.251 e. The van der Waals surface area contributed by atoms with E-state index in [1.165, 1.54) is 17.0 Å². The maximum atomic E-state index is 12.5. The maximum absolute atomic E-state index is 12.5. The summed E-state index contributed by atoms with van der Waals surface area (Å²) in [5, 5.41) is 4.91. The Balaban J connectivity index is 1.43. The second kappa shape index (κ2) is 11.2. The van der Waals surface area contributed by atoms with E-state index in [-0.39, 0.29) is 5.91 Å². The molecule has 0 aliphatic carbocycles. The SMILES string of the molecule is COc1cc(C(=O)NCCCCN(C)c2ccccc2)ccc1OCc1cscn1. The molecule has 0 saturated carbocycles. The van der Waals surface area contributed by atoms with Crippen molar-refractivity contribution in [1.82, 2.24) is 10.3 Å². The van der Waals surface area contributed by atoms with Gasteiger partial charge in [0.25, 0.3) is 5.91 Å². The second-order valence-corrected chi connectivity index (χ2v) is 7.57. The molecule has 0 fully saturated rings. The number of anilines is 1. The van der Waals surface area contributed by atoms with Crippen molar-refractivity contribution < 1.29 is 14.3 Å². The molecule has 0 saturated heterocycles. The lowest BCUT2D eigenvalue weighted by atomic mass is 10.2. The Morgan fingerprint density at radius 3 is 2.70 bits per heavy atom. The van der Waals surface area contributed by atoms with Crippen molar-refractivity contribution in [2.45, 2.75) is 19.4 Å². The lowest BCUT2D eigenvalue weighted by Crippen LogP contribution is -2.25. The molecular formula is C23H27N3O3S. The standard InChI is InChI=1S/C23H27N3O3S/c1-26(20-8-4-3-5-9-20)13-7-6-12-24-23(27)18-10-11-21(22(14-18)28-2)29-15-19-16-30-17-25-19/h3-5,8-11,14,16-17H,6-7,12-13,15H2,1-2H3,(H,24,27). The number of benzene rings is 2. The number of thiazole rings is 1. The zero-order valence-electron chi connectivity index (χ0n) is 17.3. The number of para-hydroxylation sites is 1. The third-order valence-electron chi connectivity index (χ3n) is 4.69. The Hall–Kier alpha value is -3.06. The molecule has 0 bridgehead atoms. The number of methoxy groups -OCH3 is 1. The van der Waals surface area contributed by atoms with Gasteiger partial charge in [0, 0.05) is 36.8 Å². The number of rotatable bonds is 11. The molecule has 7 heteroatoms. The predicted molar refractivity (Wildman–Crippen MR) is 121 cm³/mol. The van der Waals surface area contributed by atoms with E-state index in [9.17, 15) is 4.79 Å². The number of hydrogen-bond acceptors (Lipinski definition) is 6. The highest BCUT2D eigenvalue weighted by Gasteiger charge is 2.11. The first-order valence-corrected chi connectivity index (χ1v) is 10.8. The minimum absolute atomic E-state index is 0.115. The Labute approximate surface area is 181 Å². The molecule has 0 unspecified atom stereocenters. The van der Waals surface area contributed by atoms with Gasteiger partial charge in [-0.1, -0.05) is 18.2 Å². The highest BCUT2D eigenvalue weighted by molar-refractivity contribution is 7.07. The molecule has 0 spiro atoms. The summed E-state index contributed by atoms with van der Waals surface area (Å²) >= 11 is 1.52. The van der Waals surface area contributed by atoms with E-state index >= 15 is 0 Å². The number of hydrogen-bond donors (Lipinski definition) is 1. The van der Waals surface area contributed by atoms with Gasteiger partial charge < -0.3 is 19.7 Å². The highest BCUT2D eigenvalue weighted by atomic mass is 32.1. The zero-order chi connectivity index (χ0) is 21.2. The molecule has 3 rings (SSSR count). The van der Waals surface area contributed by atoms with Crippen LogP contribution < -0.4 is 19.7 Å². The molecule has 1 amide bonds. The third-order valence-corrected chi connectivity index (χ3v) is 5.32. The van der Waals surface area contributed by atoms with Gasteiger partial charge in [-0.2, -0.15) is 0 Å². The Morgan fingerprint density at radius 1 is 1.13 bits per heavy atom. The molecule has 3 aromatic rings. The van der Waals surface area contributed by atoms with Gasteiger partial charge in [0.15, 0.2) is 11.5 Å². The monoisotopic (exact) mass is 425 g/mol. The largest absolute Gasteiger partial charge is 0.493 e. The number of ether oxygens (including phenoxy) is 2. The molecule has 0 aliphatic heterocycles. The number of carbonyl (C=O) groups excluding carboxylic acids is 1. The Kier molecular flexibility index (Phi) is 8.09. The van der Waals surface area contributed by atoms with Crippen LogP contribution in [0.15, 0.2) is 59.4 Å².